The third-order valence-electron chi connectivity index (χ3n) is 2.29. The van der Waals surface area contributed by atoms with Gasteiger partial charge in [-0.2, -0.15) is 0 Å². The van der Waals surface area contributed by atoms with Gasteiger partial charge in [0.1, 0.15) is 0 Å². The number of aliphatic hydroxyl groups is 1. The van der Waals surface area contributed by atoms with E-state index < -0.39 is 0 Å². The summed E-state index contributed by atoms with van der Waals surface area (Å²) in [6.45, 7) is 2.28. The number of aryl methyl sites for hydroxylation is 1. The standard InChI is InChI=1S/C12H17NO2/c1-10(15)13-8-4-7-11-5-2-3-6-12(11)9-14/h2-3,5-6,14H,4,7-9H2,1H3,(H,13,15). The van der Waals surface area contributed by atoms with E-state index in [2.05, 4.69) is 5.32 Å². The molecule has 0 bridgehead atoms. The summed E-state index contributed by atoms with van der Waals surface area (Å²) in [5.41, 5.74) is 2.13. The molecule has 1 amide bonds. The van der Waals surface area contributed by atoms with Gasteiger partial charge in [-0.15, -0.1) is 0 Å². The lowest BCUT2D eigenvalue weighted by molar-refractivity contribution is -0.118. The Morgan fingerprint density at radius 1 is 1.33 bits per heavy atom. The predicted octanol–water partition coefficient (Wildman–Crippen LogP) is 1.25. The number of carbonyl (C=O) groups excluding carboxylic acids is 1. The first-order chi connectivity index (χ1) is 7.24. The van der Waals surface area contributed by atoms with Crippen LogP contribution in [0.3, 0.4) is 0 Å². The molecule has 0 saturated carbocycles. The lowest BCUT2D eigenvalue weighted by Crippen LogP contribution is -2.21. The Morgan fingerprint density at radius 3 is 2.60 bits per heavy atom. The van der Waals surface area contributed by atoms with Crippen molar-refractivity contribution in [3.05, 3.63) is 35.4 Å². The molecule has 3 nitrogen and oxygen atoms in total. The van der Waals surface area contributed by atoms with Gasteiger partial charge < -0.3 is 10.4 Å². The summed E-state index contributed by atoms with van der Waals surface area (Å²) >= 11 is 0. The van der Waals surface area contributed by atoms with Crippen molar-refractivity contribution >= 4 is 5.91 Å². The summed E-state index contributed by atoms with van der Waals surface area (Å²) in [6.07, 6.45) is 1.79. The molecular formula is C12H17NO2. The smallest absolute Gasteiger partial charge is 0.216 e. The Bertz CT molecular complexity index is 323. The Kier molecular flexibility index (Phi) is 4.84. The van der Waals surface area contributed by atoms with Crippen molar-refractivity contribution in [1.29, 1.82) is 0 Å². The molecule has 0 spiro atoms. The molecule has 0 aliphatic heterocycles. The van der Waals surface area contributed by atoms with Gasteiger partial charge in [-0.1, -0.05) is 24.3 Å². The van der Waals surface area contributed by atoms with Gasteiger partial charge in [-0.05, 0) is 24.0 Å². The Hall–Kier alpha value is -1.35. The molecule has 0 aliphatic carbocycles. The highest BCUT2D eigenvalue weighted by molar-refractivity contribution is 5.72. The fourth-order valence-corrected chi connectivity index (χ4v) is 1.50. The topological polar surface area (TPSA) is 49.3 Å². The van der Waals surface area contributed by atoms with Crippen LogP contribution in [0, 0.1) is 0 Å². The third kappa shape index (κ3) is 4.13. The highest BCUT2D eigenvalue weighted by atomic mass is 16.3. The van der Waals surface area contributed by atoms with Crippen molar-refractivity contribution < 1.29 is 9.90 Å². The van der Waals surface area contributed by atoms with Crippen LogP contribution in [-0.4, -0.2) is 17.6 Å². The molecule has 1 rings (SSSR count). The highest BCUT2D eigenvalue weighted by Crippen LogP contribution is 2.10. The van der Waals surface area contributed by atoms with E-state index in [1.165, 1.54) is 6.92 Å². The maximum atomic E-state index is 10.6. The van der Waals surface area contributed by atoms with Gasteiger partial charge in [-0.3, -0.25) is 4.79 Å². The molecule has 2 N–H and O–H groups in total. The third-order valence-corrected chi connectivity index (χ3v) is 2.29. The Labute approximate surface area is 90.1 Å². The SMILES string of the molecule is CC(=O)NCCCc1ccccc1CO. The molecule has 0 unspecified atom stereocenters. The number of hydrogen-bond donors (Lipinski definition) is 2. The first-order valence-electron chi connectivity index (χ1n) is 5.16. The lowest BCUT2D eigenvalue weighted by Gasteiger charge is -2.07. The van der Waals surface area contributed by atoms with Crippen molar-refractivity contribution in [3.8, 4) is 0 Å². The summed E-state index contributed by atoms with van der Waals surface area (Å²) in [4.78, 5) is 10.6. The fourth-order valence-electron chi connectivity index (χ4n) is 1.50. The number of carbonyl (C=O) groups is 1. The first kappa shape index (κ1) is 11.7. The molecule has 15 heavy (non-hydrogen) atoms. The minimum Gasteiger partial charge on any atom is -0.392 e. The second-order valence-corrected chi connectivity index (χ2v) is 3.51. The van der Waals surface area contributed by atoms with Gasteiger partial charge in [0.05, 0.1) is 6.61 Å². The molecule has 0 saturated heterocycles. The quantitative estimate of drug-likeness (QED) is 0.714. The number of amides is 1. The normalized spacial score (nSPS) is 10.0. The van der Waals surface area contributed by atoms with E-state index in [1.807, 2.05) is 24.3 Å². The molecular weight excluding hydrogens is 190 g/mol. The minimum atomic E-state index is 0.00504. The molecule has 0 heterocycles. The van der Waals surface area contributed by atoms with E-state index >= 15 is 0 Å². The number of aliphatic hydroxyl groups excluding tert-OH is 1. The molecule has 0 atom stereocenters. The average Bonchev–Trinajstić information content (AvgIpc) is 2.24. The summed E-state index contributed by atoms with van der Waals surface area (Å²) in [7, 11) is 0. The molecule has 82 valence electrons. The van der Waals surface area contributed by atoms with Gasteiger partial charge in [0.15, 0.2) is 0 Å². The summed E-state index contributed by atoms with van der Waals surface area (Å²) < 4.78 is 0. The van der Waals surface area contributed by atoms with Gasteiger partial charge >= 0.3 is 0 Å². The largest absolute Gasteiger partial charge is 0.392 e. The van der Waals surface area contributed by atoms with Crippen LogP contribution in [0.2, 0.25) is 0 Å². The van der Waals surface area contributed by atoms with E-state index in [0.717, 1.165) is 24.0 Å². The van der Waals surface area contributed by atoms with Crippen molar-refractivity contribution in [1.82, 2.24) is 5.32 Å². The fraction of sp³-hybridized carbons (Fsp3) is 0.417. The molecule has 0 aromatic heterocycles. The van der Waals surface area contributed by atoms with E-state index in [4.69, 9.17) is 5.11 Å². The second-order valence-electron chi connectivity index (χ2n) is 3.51. The van der Waals surface area contributed by atoms with Crippen LogP contribution in [0.25, 0.3) is 0 Å². The van der Waals surface area contributed by atoms with E-state index in [9.17, 15) is 4.79 Å². The summed E-state index contributed by atoms with van der Waals surface area (Å²) in [6, 6.07) is 7.82. The lowest BCUT2D eigenvalue weighted by atomic mass is 10.0. The van der Waals surface area contributed by atoms with Crippen molar-refractivity contribution in [3.63, 3.8) is 0 Å². The van der Waals surface area contributed by atoms with Crippen LogP contribution in [0.4, 0.5) is 0 Å². The van der Waals surface area contributed by atoms with Gasteiger partial charge in [0.2, 0.25) is 5.91 Å². The van der Waals surface area contributed by atoms with Gasteiger partial charge in [0, 0.05) is 13.5 Å². The van der Waals surface area contributed by atoms with Crippen LogP contribution in [0.1, 0.15) is 24.5 Å². The first-order valence-corrected chi connectivity index (χ1v) is 5.16. The van der Waals surface area contributed by atoms with Crippen LogP contribution < -0.4 is 5.32 Å². The predicted molar refractivity (Wildman–Crippen MR) is 59.4 cm³/mol. The van der Waals surface area contributed by atoms with Crippen LogP contribution in [-0.2, 0) is 17.8 Å². The second kappa shape index (κ2) is 6.19. The van der Waals surface area contributed by atoms with Crippen molar-refractivity contribution in [2.45, 2.75) is 26.4 Å². The molecule has 0 aliphatic rings. The average molecular weight is 207 g/mol. The summed E-state index contributed by atoms with van der Waals surface area (Å²) in [5.74, 6) is 0.00504. The number of hydrogen-bond acceptors (Lipinski definition) is 2. The zero-order valence-corrected chi connectivity index (χ0v) is 8.99. The molecule has 1 aromatic rings. The molecule has 0 fully saturated rings. The van der Waals surface area contributed by atoms with E-state index in [1.54, 1.807) is 0 Å². The Morgan fingerprint density at radius 2 is 2.00 bits per heavy atom. The molecule has 1 aromatic carbocycles. The number of nitrogens with one attached hydrogen (secondary N) is 1. The number of rotatable bonds is 5. The van der Waals surface area contributed by atoms with Gasteiger partial charge in [-0.25, -0.2) is 0 Å². The molecule has 3 heteroatoms. The van der Waals surface area contributed by atoms with Crippen LogP contribution >= 0.6 is 0 Å². The minimum absolute atomic E-state index is 0.00504. The Balaban J connectivity index is 2.39. The van der Waals surface area contributed by atoms with E-state index in [-0.39, 0.29) is 12.5 Å². The number of benzene rings is 1. The van der Waals surface area contributed by atoms with Crippen molar-refractivity contribution in [2.75, 3.05) is 6.54 Å². The van der Waals surface area contributed by atoms with Crippen LogP contribution in [0.15, 0.2) is 24.3 Å². The zero-order chi connectivity index (χ0) is 11.1. The monoisotopic (exact) mass is 207 g/mol. The maximum Gasteiger partial charge on any atom is 0.216 e. The maximum absolute atomic E-state index is 10.6. The van der Waals surface area contributed by atoms with Crippen LogP contribution in [0.5, 0.6) is 0 Å². The van der Waals surface area contributed by atoms with Gasteiger partial charge in [0.25, 0.3) is 0 Å². The van der Waals surface area contributed by atoms with E-state index in [0.29, 0.717) is 6.54 Å². The molecule has 0 radical (unpaired) electrons. The summed E-state index contributed by atoms with van der Waals surface area (Å²) in [5, 5.41) is 11.8. The highest BCUT2D eigenvalue weighted by Gasteiger charge is 2.00. The van der Waals surface area contributed by atoms with Crippen molar-refractivity contribution in [2.24, 2.45) is 0 Å². The zero-order valence-electron chi connectivity index (χ0n) is 8.99.